The summed E-state index contributed by atoms with van der Waals surface area (Å²) in [7, 11) is 0. The molecule has 2 heterocycles. The molecule has 3 fully saturated rings. The van der Waals surface area contributed by atoms with Gasteiger partial charge in [-0.25, -0.2) is 4.79 Å². The van der Waals surface area contributed by atoms with E-state index in [0.29, 0.717) is 5.41 Å². The first-order valence-electron chi connectivity index (χ1n) is 8.58. The van der Waals surface area contributed by atoms with Crippen molar-refractivity contribution in [1.29, 1.82) is 0 Å². The van der Waals surface area contributed by atoms with Crippen molar-refractivity contribution < 1.29 is 9.53 Å². The van der Waals surface area contributed by atoms with Crippen LogP contribution < -0.4 is 5.32 Å². The van der Waals surface area contributed by atoms with Crippen molar-refractivity contribution in [3.05, 3.63) is 0 Å². The van der Waals surface area contributed by atoms with Gasteiger partial charge in [0.25, 0.3) is 0 Å². The van der Waals surface area contributed by atoms with E-state index in [4.69, 9.17) is 4.74 Å². The van der Waals surface area contributed by atoms with E-state index in [1.54, 1.807) is 0 Å². The third-order valence-corrected chi connectivity index (χ3v) is 5.52. The van der Waals surface area contributed by atoms with E-state index >= 15 is 0 Å². The summed E-state index contributed by atoms with van der Waals surface area (Å²) in [4.78, 5) is 14.0. The average Bonchev–Trinajstić information content (AvgIpc) is 3.11. The molecule has 1 spiro atoms. The second-order valence-electron chi connectivity index (χ2n) is 8.26. The number of rotatable bonds is 1. The standard InChI is InChI=1S/C17H30N2O2/c1-16(2,3)21-15(20)19-9-5-13(6-10-19)14-11-17(14)7-4-8-18-12-17/h13-14,18H,4-12H2,1-3H3. The van der Waals surface area contributed by atoms with Crippen LogP contribution in [0.25, 0.3) is 0 Å². The molecule has 2 saturated heterocycles. The Balaban J connectivity index is 1.47. The molecule has 1 aliphatic carbocycles. The molecule has 1 saturated carbocycles. The van der Waals surface area contributed by atoms with Crippen LogP contribution in [-0.2, 0) is 4.74 Å². The number of amides is 1. The number of piperidine rings is 2. The van der Waals surface area contributed by atoms with Gasteiger partial charge >= 0.3 is 6.09 Å². The third kappa shape index (κ3) is 3.36. The summed E-state index contributed by atoms with van der Waals surface area (Å²) in [6.45, 7) is 9.97. The van der Waals surface area contributed by atoms with E-state index in [9.17, 15) is 4.79 Å². The molecular weight excluding hydrogens is 264 g/mol. The van der Waals surface area contributed by atoms with E-state index < -0.39 is 0 Å². The van der Waals surface area contributed by atoms with Gasteiger partial charge in [0, 0.05) is 19.6 Å². The van der Waals surface area contributed by atoms with Gasteiger partial charge in [0.1, 0.15) is 5.60 Å². The van der Waals surface area contributed by atoms with Crippen molar-refractivity contribution in [2.75, 3.05) is 26.2 Å². The smallest absolute Gasteiger partial charge is 0.410 e. The Morgan fingerprint density at radius 2 is 2.00 bits per heavy atom. The molecule has 1 amide bonds. The van der Waals surface area contributed by atoms with Crippen LogP contribution in [0.1, 0.15) is 52.9 Å². The zero-order valence-corrected chi connectivity index (χ0v) is 13.8. The summed E-state index contributed by atoms with van der Waals surface area (Å²) in [6, 6.07) is 0. The molecule has 0 aromatic rings. The SMILES string of the molecule is CC(C)(C)OC(=O)N1CCC(C2CC23CCCNC3)CC1. The van der Waals surface area contributed by atoms with E-state index in [1.807, 2.05) is 25.7 Å². The van der Waals surface area contributed by atoms with Crippen LogP contribution in [0, 0.1) is 17.3 Å². The Labute approximate surface area is 128 Å². The van der Waals surface area contributed by atoms with Crippen LogP contribution in [0.4, 0.5) is 4.79 Å². The van der Waals surface area contributed by atoms with Gasteiger partial charge in [0.15, 0.2) is 0 Å². The number of ether oxygens (including phenoxy) is 1. The molecule has 3 rings (SSSR count). The monoisotopic (exact) mass is 294 g/mol. The van der Waals surface area contributed by atoms with Crippen LogP contribution in [0.15, 0.2) is 0 Å². The van der Waals surface area contributed by atoms with Crippen LogP contribution in [0.5, 0.6) is 0 Å². The maximum Gasteiger partial charge on any atom is 0.410 e. The minimum atomic E-state index is -0.387. The van der Waals surface area contributed by atoms with Crippen LogP contribution in [0.2, 0.25) is 0 Å². The summed E-state index contributed by atoms with van der Waals surface area (Å²) in [5, 5.41) is 3.57. The Bertz CT molecular complexity index is 388. The highest BCUT2D eigenvalue weighted by atomic mass is 16.6. The molecular formula is C17H30N2O2. The van der Waals surface area contributed by atoms with Gasteiger partial charge in [-0.2, -0.15) is 0 Å². The molecule has 0 radical (unpaired) electrons. The number of nitrogens with one attached hydrogen (secondary N) is 1. The van der Waals surface area contributed by atoms with Gasteiger partial charge in [-0.1, -0.05) is 0 Å². The van der Waals surface area contributed by atoms with Crippen molar-refractivity contribution in [2.24, 2.45) is 17.3 Å². The molecule has 120 valence electrons. The maximum absolute atomic E-state index is 12.1. The normalized spacial score (nSPS) is 34.0. The first-order chi connectivity index (χ1) is 9.90. The molecule has 0 aromatic carbocycles. The minimum Gasteiger partial charge on any atom is -0.444 e. The first-order valence-corrected chi connectivity index (χ1v) is 8.58. The molecule has 2 aliphatic heterocycles. The van der Waals surface area contributed by atoms with Gasteiger partial charge in [-0.05, 0) is 76.7 Å². The minimum absolute atomic E-state index is 0.134. The fourth-order valence-electron chi connectivity index (χ4n) is 4.34. The van der Waals surface area contributed by atoms with Crippen LogP contribution >= 0.6 is 0 Å². The highest BCUT2D eigenvalue weighted by Crippen LogP contribution is 2.61. The topological polar surface area (TPSA) is 41.6 Å². The predicted octanol–water partition coefficient (Wildman–Crippen LogP) is 3.02. The number of hydrogen-bond donors (Lipinski definition) is 1. The van der Waals surface area contributed by atoms with Crippen molar-refractivity contribution in [3.8, 4) is 0 Å². The number of likely N-dealkylation sites (tertiary alicyclic amines) is 1. The number of carbonyl (C=O) groups is 1. The van der Waals surface area contributed by atoms with Gasteiger partial charge < -0.3 is 15.0 Å². The fraction of sp³-hybridized carbons (Fsp3) is 0.941. The Morgan fingerprint density at radius 1 is 1.29 bits per heavy atom. The van der Waals surface area contributed by atoms with E-state index in [1.165, 1.54) is 32.4 Å². The molecule has 3 aliphatic rings. The van der Waals surface area contributed by atoms with E-state index in [-0.39, 0.29) is 11.7 Å². The Hall–Kier alpha value is -0.770. The molecule has 0 bridgehead atoms. The lowest BCUT2D eigenvalue weighted by Gasteiger charge is -2.35. The summed E-state index contributed by atoms with van der Waals surface area (Å²) < 4.78 is 5.48. The fourth-order valence-corrected chi connectivity index (χ4v) is 4.34. The van der Waals surface area contributed by atoms with Crippen molar-refractivity contribution in [2.45, 2.75) is 58.5 Å². The molecule has 21 heavy (non-hydrogen) atoms. The Morgan fingerprint density at radius 3 is 2.57 bits per heavy atom. The molecule has 2 unspecified atom stereocenters. The average molecular weight is 294 g/mol. The molecule has 0 aromatic heterocycles. The van der Waals surface area contributed by atoms with Crippen LogP contribution in [0.3, 0.4) is 0 Å². The van der Waals surface area contributed by atoms with Gasteiger partial charge in [-0.3, -0.25) is 0 Å². The number of nitrogens with zero attached hydrogens (tertiary/aromatic N) is 1. The summed E-state index contributed by atoms with van der Waals surface area (Å²) in [5.41, 5.74) is 0.235. The van der Waals surface area contributed by atoms with Gasteiger partial charge in [-0.15, -0.1) is 0 Å². The summed E-state index contributed by atoms with van der Waals surface area (Å²) in [6.07, 6.45) is 6.35. The zero-order valence-electron chi connectivity index (χ0n) is 13.8. The second-order valence-corrected chi connectivity index (χ2v) is 8.26. The van der Waals surface area contributed by atoms with Crippen molar-refractivity contribution in [3.63, 3.8) is 0 Å². The van der Waals surface area contributed by atoms with Gasteiger partial charge in [0.2, 0.25) is 0 Å². The largest absolute Gasteiger partial charge is 0.444 e. The van der Waals surface area contributed by atoms with Gasteiger partial charge in [0.05, 0.1) is 0 Å². The highest BCUT2D eigenvalue weighted by Gasteiger charge is 2.57. The lowest BCUT2D eigenvalue weighted by Crippen LogP contribution is -2.42. The van der Waals surface area contributed by atoms with E-state index in [0.717, 1.165) is 37.8 Å². The molecule has 4 nitrogen and oxygen atoms in total. The molecule has 2 atom stereocenters. The lowest BCUT2D eigenvalue weighted by molar-refractivity contribution is 0.0169. The molecule has 1 N–H and O–H groups in total. The lowest BCUT2D eigenvalue weighted by atomic mass is 9.84. The summed E-state index contributed by atoms with van der Waals surface area (Å²) >= 11 is 0. The molecule has 4 heteroatoms. The quantitative estimate of drug-likeness (QED) is 0.808. The van der Waals surface area contributed by atoms with Crippen molar-refractivity contribution in [1.82, 2.24) is 10.2 Å². The van der Waals surface area contributed by atoms with E-state index in [2.05, 4.69) is 5.32 Å². The predicted molar refractivity (Wildman–Crippen MR) is 83.2 cm³/mol. The third-order valence-electron chi connectivity index (χ3n) is 5.52. The second kappa shape index (κ2) is 5.45. The van der Waals surface area contributed by atoms with Crippen molar-refractivity contribution >= 4 is 6.09 Å². The zero-order chi connectivity index (χ0) is 15.1. The maximum atomic E-state index is 12.1. The number of hydrogen-bond acceptors (Lipinski definition) is 3. The first kappa shape index (κ1) is 15.1. The summed E-state index contributed by atoms with van der Waals surface area (Å²) in [5.74, 6) is 1.73. The highest BCUT2D eigenvalue weighted by molar-refractivity contribution is 5.68. The van der Waals surface area contributed by atoms with Crippen LogP contribution in [-0.4, -0.2) is 42.8 Å². The Kier molecular flexibility index (Phi) is 3.93. The number of carbonyl (C=O) groups excluding carboxylic acids is 1.